The van der Waals surface area contributed by atoms with Gasteiger partial charge in [0.25, 0.3) is 17.7 Å². The van der Waals surface area contributed by atoms with Gasteiger partial charge in [0, 0.05) is 28.3 Å². The highest BCUT2D eigenvalue weighted by molar-refractivity contribution is 6.34. The lowest BCUT2D eigenvalue weighted by atomic mass is 9.55. The minimum atomic E-state index is -1.27. The Balaban J connectivity index is 1.39. The summed E-state index contributed by atoms with van der Waals surface area (Å²) in [6, 6.07) is 27.1. The number of nitrogens with zero attached hydrogens (tertiary/aromatic N) is 2. The number of halogens is 3. The molecule has 4 aromatic rings. The van der Waals surface area contributed by atoms with E-state index in [2.05, 4.69) is 0 Å². The van der Waals surface area contributed by atoms with Gasteiger partial charge in [0.05, 0.1) is 22.4 Å². The highest BCUT2D eigenvalue weighted by Crippen LogP contribution is 2.61. The van der Waals surface area contributed by atoms with Crippen LogP contribution in [0.2, 0.25) is 10.0 Å². The number of ketones is 1. The lowest BCUT2D eigenvalue weighted by Crippen LogP contribution is -2.57. The van der Waals surface area contributed by atoms with Gasteiger partial charge < -0.3 is 0 Å². The van der Waals surface area contributed by atoms with E-state index in [1.807, 2.05) is 48.5 Å². The summed E-state index contributed by atoms with van der Waals surface area (Å²) in [7, 11) is 0. The van der Waals surface area contributed by atoms with Crippen molar-refractivity contribution >= 4 is 58.3 Å². The highest BCUT2D eigenvalue weighted by Gasteiger charge is 2.63. The van der Waals surface area contributed by atoms with Crippen molar-refractivity contribution in [3.05, 3.63) is 140 Å². The van der Waals surface area contributed by atoms with Gasteiger partial charge in [0.2, 0.25) is 0 Å². The molecule has 1 saturated heterocycles. The van der Waals surface area contributed by atoms with Crippen molar-refractivity contribution < 1.29 is 19.2 Å². The maximum atomic E-state index is 14.7. The zero-order valence-electron chi connectivity index (χ0n) is 23.2. The van der Waals surface area contributed by atoms with E-state index in [4.69, 9.17) is 34.8 Å². The molecule has 44 heavy (non-hydrogen) atoms. The van der Waals surface area contributed by atoms with Gasteiger partial charge >= 0.3 is 0 Å². The van der Waals surface area contributed by atoms with Gasteiger partial charge in [-0.05, 0) is 65.1 Å². The Hall–Kier alpha value is -3.97. The highest BCUT2D eigenvalue weighted by atomic mass is 35.5. The van der Waals surface area contributed by atoms with Crippen LogP contribution in [0.15, 0.2) is 97.1 Å². The van der Waals surface area contributed by atoms with Crippen LogP contribution in [0.5, 0.6) is 0 Å². The summed E-state index contributed by atoms with van der Waals surface area (Å²) in [5.74, 6) is -4.54. The second-order valence-electron chi connectivity index (χ2n) is 11.2. The van der Waals surface area contributed by atoms with Crippen molar-refractivity contribution in [2.45, 2.75) is 24.3 Å². The van der Waals surface area contributed by atoms with E-state index in [0.717, 1.165) is 32.3 Å². The Morgan fingerprint density at radius 1 is 0.705 bits per heavy atom. The normalized spacial score (nSPS) is 21.8. The summed E-state index contributed by atoms with van der Waals surface area (Å²) in [5, 5.41) is 2.49. The first-order valence-electron chi connectivity index (χ1n) is 14.3. The fourth-order valence-electron chi connectivity index (χ4n) is 7.28. The van der Waals surface area contributed by atoms with Gasteiger partial charge in [-0.3, -0.25) is 19.2 Å². The molecule has 0 radical (unpaired) electrons. The monoisotopic (exact) mass is 642 g/mol. The van der Waals surface area contributed by atoms with E-state index in [0.29, 0.717) is 5.02 Å². The second-order valence-corrected chi connectivity index (χ2v) is 12.5. The molecule has 1 aliphatic heterocycles. The molecule has 220 valence electrons. The van der Waals surface area contributed by atoms with Crippen molar-refractivity contribution in [1.29, 1.82) is 0 Å². The molecule has 2 bridgehead atoms. The van der Waals surface area contributed by atoms with Crippen LogP contribution < -0.4 is 0 Å². The predicted molar refractivity (Wildman–Crippen MR) is 168 cm³/mol. The topological polar surface area (TPSA) is 74.8 Å². The smallest absolute Gasteiger partial charge is 0.275 e. The number of carbonyl (C=O) groups excluding carboxylic acids is 4. The Labute approximate surface area is 269 Å². The number of imide groups is 1. The van der Waals surface area contributed by atoms with E-state index in [1.54, 1.807) is 42.5 Å². The van der Waals surface area contributed by atoms with Gasteiger partial charge in [-0.1, -0.05) is 83.9 Å². The number of benzene rings is 4. The number of carbonyl (C=O) groups is 4. The average Bonchev–Trinajstić information content (AvgIpc) is 3.30. The molecule has 0 spiro atoms. The molecule has 9 heteroatoms. The Morgan fingerprint density at radius 3 is 1.66 bits per heavy atom. The molecular weight excluding hydrogens is 619 g/mol. The van der Waals surface area contributed by atoms with Crippen molar-refractivity contribution in [3.63, 3.8) is 0 Å². The third-order valence-electron chi connectivity index (χ3n) is 9.06. The van der Waals surface area contributed by atoms with Gasteiger partial charge in [0.1, 0.15) is 6.04 Å². The van der Waals surface area contributed by atoms with Crippen LogP contribution in [0, 0.1) is 11.8 Å². The van der Waals surface area contributed by atoms with Crippen LogP contribution in [0.4, 0.5) is 0 Å². The van der Waals surface area contributed by atoms with E-state index in [9.17, 15) is 19.2 Å². The molecule has 1 fully saturated rings. The fraction of sp³-hybridized carbons (Fsp3) is 0.200. The summed E-state index contributed by atoms with van der Waals surface area (Å²) in [4.78, 5) is 57.9. The van der Waals surface area contributed by atoms with E-state index in [1.165, 1.54) is 6.07 Å². The average molecular weight is 644 g/mol. The summed E-state index contributed by atoms with van der Waals surface area (Å²) < 4.78 is 0. The van der Waals surface area contributed by atoms with Gasteiger partial charge in [-0.2, -0.15) is 5.01 Å². The Kier molecular flexibility index (Phi) is 7.32. The molecule has 0 unspecified atom stereocenters. The lowest BCUT2D eigenvalue weighted by Gasteiger charge is -2.45. The molecule has 4 aliphatic rings. The zero-order chi connectivity index (χ0) is 30.7. The molecule has 8 rings (SSSR count). The standard InChI is InChI=1S/C35H25Cl3N2O4/c36-18-17-27(32(41)19-13-15-20(37)16-14-19)39(33(42)25-11-5-6-12-26(25)38)40-34(43)30-28-21-7-1-2-8-22(21)29(31(30)35(40)44)24-10-4-3-9-23(24)28/h1-16,27-31H,17-18H2/t27-,28?,29?,30-,31+/m1/s1. The first-order chi connectivity index (χ1) is 21.3. The molecule has 0 aromatic heterocycles. The third kappa shape index (κ3) is 4.31. The maximum absolute atomic E-state index is 14.7. The van der Waals surface area contributed by atoms with Crippen LogP contribution >= 0.6 is 34.8 Å². The Morgan fingerprint density at radius 2 is 1.18 bits per heavy atom. The number of rotatable bonds is 7. The fourth-order valence-corrected chi connectivity index (χ4v) is 7.83. The number of amides is 3. The molecule has 3 atom stereocenters. The summed E-state index contributed by atoms with van der Waals surface area (Å²) in [6.45, 7) is 0. The summed E-state index contributed by atoms with van der Waals surface area (Å²) in [6.07, 6.45) is -0.0150. The molecule has 4 aromatic carbocycles. The molecular formula is C35H25Cl3N2O4. The largest absolute Gasteiger partial charge is 0.292 e. The van der Waals surface area contributed by atoms with E-state index in [-0.39, 0.29) is 40.3 Å². The molecule has 0 saturated carbocycles. The molecule has 3 aliphatic carbocycles. The van der Waals surface area contributed by atoms with Crippen molar-refractivity contribution in [2.24, 2.45) is 11.8 Å². The first-order valence-corrected chi connectivity index (χ1v) is 15.6. The van der Waals surface area contributed by atoms with Crippen LogP contribution in [-0.4, -0.2) is 45.4 Å². The molecule has 0 N–H and O–H groups in total. The quantitative estimate of drug-likeness (QED) is 0.122. The van der Waals surface area contributed by atoms with Crippen LogP contribution in [0.25, 0.3) is 0 Å². The van der Waals surface area contributed by atoms with Crippen LogP contribution in [0.3, 0.4) is 0 Å². The van der Waals surface area contributed by atoms with Gasteiger partial charge in [-0.15, -0.1) is 11.6 Å². The SMILES string of the molecule is O=C(c1ccc(Cl)cc1)[C@@H](CCCl)N(C(=O)c1ccccc1Cl)N1C(=O)[C@@H]2C3c4ccccc4C(c4ccccc43)[C@@H]2C1=O. The summed E-state index contributed by atoms with van der Waals surface area (Å²) in [5.41, 5.74) is 4.32. The Bertz CT molecular complexity index is 1730. The third-order valence-corrected chi connectivity index (χ3v) is 9.86. The second kappa shape index (κ2) is 11.2. The van der Waals surface area contributed by atoms with E-state index >= 15 is 0 Å². The molecule has 6 nitrogen and oxygen atoms in total. The minimum absolute atomic E-state index is 0.0124. The summed E-state index contributed by atoms with van der Waals surface area (Å²) >= 11 is 18.8. The van der Waals surface area contributed by atoms with Crippen molar-refractivity contribution in [1.82, 2.24) is 10.0 Å². The number of hydrazine groups is 1. The minimum Gasteiger partial charge on any atom is -0.292 e. The molecule has 1 heterocycles. The molecule has 3 amide bonds. The van der Waals surface area contributed by atoms with Crippen molar-refractivity contribution in [2.75, 3.05) is 5.88 Å². The van der Waals surface area contributed by atoms with Crippen molar-refractivity contribution in [3.8, 4) is 0 Å². The number of Topliss-reactive ketones (excluding diaryl/α,β-unsaturated/α-hetero) is 1. The van der Waals surface area contributed by atoms with Gasteiger partial charge in [-0.25, -0.2) is 5.01 Å². The predicted octanol–water partition coefficient (Wildman–Crippen LogP) is 7.12. The zero-order valence-corrected chi connectivity index (χ0v) is 25.5. The maximum Gasteiger partial charge on any atom is 0.275 e. The number of hydrogen-bond acceptors (Lipinski definition) is 4. The van der Waals surface area contributed by atoms with Gasteiger partial charge in [0.15, 0.2) is 5.78 Å². The lowest BCUT2D eigenvalue weighted by molar-refractivity contribution is -0.156. The van der Waals surface area contributed by atoms with Crippen LogP contribution in [0.1, 0.15) is 61.2 Å². The van der Waals surface area contributed by atoms with E-state index < -0.39 is 41.4 Å². The first kappa shape index (κ1) is 28.8. The number of hydrogen-bond donors (Lipinski definition) is 0. The van der Waals surface area contributed by atoms with Crippen LogP contribution in [-0.2, 0) is 9.59 Å². The number of alkyl halides is 1.